The third kappa shape index (κ3) is 2.67. The van der Waals surface area contributed by atoms with Crippen LogP contribution in [0.15, 0.2) is 11.8 Å². The summed E-state index contributed by atoms with van der Waals surface area (Å²) in [6, 6.07) is 0. The molecular weight excluding hydrogens is 140 g/mol. The van der Waals surface area contributed by atoms with Gasteiger partial charge in [-0.3, -0.25) is 0 Å². The van der Waals surface area contributed by atoms with Gasteiger partial charge in [-0.05, 0) is 26.2 Å². The predicted octanol–water partition coefficient (Wildman–Crippen LogP) is 1.22. The summed E-state index contributed by atoms with van der Waals surface area (Å²) in [5, 5.41) is 0. The lowest BCUT2D eigenvalue weighted by atomic mass is 10.2. The Morgan fingerprint density at radius 1 is 1.50 bits per heavy atom. The Morgan fingerprint density at radius 2 is 2.40 bits per heavy atom. The Kier molecular flexibility index (Phi) is 3.76. The number of rotatable bonds is 2. The predicted molar refractivity (Wildman–Crippen MR) is 46.9 cm³/mol. The van der Waals surface area contributed by atoms with E-state index in [4.69, 9.17) is 4.74 Å². The van der Waals surface area contributed by atoms with E-state index in [0.29, 0.717) is 5.73 Å². The van der Waals surface area contributed by atoms with Crippen molar-refractivity contribution in [2.75, 3.05) is 6.61 Å². The zero-order valence-corrected chi connectivity index (χ0v) is 8.09. The van der Waals surface area contributed by atoms with Gasteiger partial charge in [0, 0.05) is 12.3 Å². The fourth-order valence-electron chi connectivity index (χ4n) is 1.28. The molecule has 0 radical (unpaired) electrons. The Labute approximate surface area is 65.3 Å². The van der Waals surface area contributed by atoms with Crippen LogP contribution >= 0.6 is 0 Å². The summed E-state index contributed by atoms with van der Waals surface area (Å²) in [6.45, 7) is 3.10. The number of allylic oxidation sites excluding steroid dienone is 1. The normalized spacial score (nSPS) is 28.7. The maximum Gasteiger partial charge on any atom is 0.0791 e. The molecule has 1 rings (SSSR count). The van der Waals surface area contributed by atoms with Crippen LogP contribution in [0.4, 0.5) is 0 Å². The van der Waals surface area contributed by atoms with Crippen molar-refractivity contribution in [3.8, 4) is 0 Å². The van der Waals surface area contributed by atoms with Crippen LogP contribution in [0.2, 0.25) is 0 Å². The van der Waals surface area contributed by atoms with Crippen LogP contribution in [0.3, 0.4) is 0 Å². The highest BCUT2D eigenvalue weighted by Gasteiger charge is 2.11. The molecule has 1 heterocycles. The maximum absolute atomic E-state index is 5.59. The minimum absolute atomic E-state index is 0.0373. The Bertz CT molecular complexity index is 106. The molecule has 1 nitrogen and oxygen atoms in total. The first-order valence-electron chi connectivity index (χ1n) is 4.16. The first-order chi connectivity index (χ1) is 4.93. The van der Waals surface area contributed by atoms with Gasteiger partial charge in [0.05, 0.1) is 9.52 Å². The van der Waals surface area contributed by atoms with Crippen molar-refractivity contribution < 1.29 is 4.74 Å². The van der Waals surface area contributed by atoms with Crippen molar-refractivity contribution in [3.05, 3.63) is 11.8 Å². The SMILES string of the molecule is CC=C[SiH2]C1CCCCO1. The summed E-state index contributed by atoms with van der Waals surface area (Å²) >= 11 is 0. The van der Waals surface area contributed by atoms with Gasteiger partial charge in [-0.2, -0.15) is 0 Å². The molecule has 0 aromatic carbocycles. The summed E-state index contributed by atoms with van der Waals surface area (Å²) in [5.41, 5.74) is 2.99. The van der Waals surface area contributed by atoms with E-state index in [1.165, 1.54) is 19.3 Å². The maximum atomic E-state index is 5.59. The smallest absolute Gasteiger partial charge is 0.0791 e. The molecule has 0 aliphatic carbocycles. The number of ether oxygens (including phenoxy) is 1. The molecule has 2 heteroatoms. The molecular formula is C8H16OSi. The van der Waals surface area contributed by atoms with Crippen molar-refractivity contribution in [1.29, 1.82) is 0 Å². The monoisotopic (exact) mass is 156 g/mol. The molecule has 10 heavy (non-hydrogen) atoms. The second-order valence-electron chi connectivity index (χ2n) is 2.79. The summed E-state index contributed by atoms with van der Waals surface area (Å²) in [4.78, 5) is 0. The summed E-state index contributed by atoms with van der Waals surface area (Å²) in [6.07, 6.45) is 6.14. The molecule has 1 aliphatic heterocycles. The van der Waals surface area contributed by atoms with Gasteiger partial charge in [-0.25, -0.2) is 0 Å². The highest BCUT2D eigenvalue weighted by atomic mass is 28.2. The second-order valence-corrected chi connectivity index (χ2v) is 4.65. The molecule has 1 atom stereocenters. The Morgan fingerprint density at radius 3 is 3.00 bits per heavy atom. The highest BCUT2D eigenvalue weighted by molar-refractivity contribution is 6.43. The van der Waals surface area contributed by atoms with E-state index in [0.717, 1.165) is 6.61 Å². The van der Waals surface area contributed by atoms with Gasteiger partial charge >= 0.3 is 0 Å². The molecule has 0 N–H and O–H groups in total. The van der Waals surface area contributed by atoms with E-state index in [2.05, 4.69) is 18.7 Å². The zero-order chi connectivity index (χ0) is 7.23. The van der Waals surface area contributed by atoms with Crippen LogP contribution in [0.5, 0.6) is 0 Å². The van der Waals surface area contributed by atoms with Crippen molar-refractivity contribution >= 4 is 9.52 Å². The molecule has 0 saturated carbocycles. The van der Waals surface area contributed by atoms with Crippen LogP contribution in [0.1, 0.15) is 26.2 Å². The molecule has 1 saturated heterocycles. The van der Waals surface area contributed by atoms with Gasteiger partial charge in [0.15, 0.2) is 0 Å². The van der Waals surface area contributed by atoms with E-state index in [1.807, 2.05) is 0 Å². The number of hydrogen-bond donors (Lipinski definition) is 0. The first kappa shape index (κ1) is 8.02. The minimum Gasteiger partial charge on any atom is -0.382 e. The third-order valence-electron chi connectivity index (χ3n) is 1.91. The van der Waals surface area contributed by atoms with Crippen LogP contribution in [-0.2, 0) is 4.74 Å². The van der Waals surface area contributed by atoms with E-state index in [-0.39, 0.29) is 9.52 Å². The van der Waals surface area contributed by atoms with Crippen LogP contribution in [0.25, 0.3) is 0 Å². The van der Waals surface area contributed by atoms with Crippen molar-refractivity contribution in [3.63, 3.8) is 0 Å². The third-order valence-corrected chi connectivity index (χ3v) is 3.82. The molecule has 1 aliphatic rings. The van der Waals surface area contributed by atoms with Crippen LogP contribution < -0.4 is 0 Å². The molecule has 58 valence electrons. The van der Waals surface area contributed by atoms with Crippen LogP contribution in [-0.4, -0.2) is 21.9 Å². The summed E-state index contributed by atoms with van der Waals surface area (Å²) in [5.74, 6) is 0. The van der Waals surface area contributed by atoms with Gasteiger partial charge in [0.1, 0.15) is 0 Å². The average Bonchev–Trinajstić information content (AvgIpc) is 2.03. The van der Waals surface area contributed by atoms with Gasteiger partial charge in [-0.15, -0.1) is 5.70 Å². The van der Waals surface area contributed by atoms with Gasteiger partial charge in [0.2, 0.25) is 0 Å². The molecule has 0 aromatic rings. The van der Waals surface area contributed by atoms with Gasteiger partial charge < -0.3 is 4.74 Å². The molecule has 0 amide bonds. The molecule has 0 spiro atoms. The minimum atomic E-state index is -0.0373. The molecule has 0 bridgehead atoms. The fraction of sp³-hybridized carbons (Fsp3) is 0.750. The van der Waals surface area contributed by atoms with E-state index < -0.39 is 0 Å². The van der Waals surface area contributed by atoms with E-state index in [9.17, 15) is 0 Å². The molecule has 0 aromatic heterocycles. The van der Waals surface area contributed by atoms with E-state index in [1.54, 1.807) is 0 Å². The lowest BCUT2D eigenvalue weighted by Gasteiger charge is -2.20. The average molecular weight is 156 g/mol. The number of hydrogen-bond acceptors (Lipinski definition) is 1. The van der Waals surface area contributed by atoms with Gasteiger partial charge in [-0.1, -0.05) is 6.08 Å². The summed E-state index contributed by atoms with van der Waals surface area (Å²) in [7, 11) is -0.0373. The van der Waals surface area contributed by atoms with Crippen molar-refractivity contribution in [1.82, 2.24) is 0 Å². The van der Waals surface area contributed by atoms with Gasteiger partial charge in [0.25, 0.3) is 0 Å². The lowest BCUT2D eigenvalue weighted by Crippen LogP contribution is -2.24. The Hall–Kier alpha value is -0.0831. The van der Waals surface area contributed by atoms with Crippen molar-refractivity contribution in [2.24, 2.45) is 0 Å². The highest BCUT2D eigenvalue weighted by Crippen LogP contribution is 2.11. The largest absolute Gasteiger partial charge is 0.382 e. The lowest BCUT2D eigenvalue weighted by molar-refractivity contribution is 0.0659. The van der Waals surface area contributed by atoms with Crippen molar-refractivity contribution in [2.45, 2.75) is 31.9 Å². The molecule has 1 fully saturated rings. The van der Waals surface area contributed by atoms with Crippen LogP contribution in [0, 0.1) is 0 Å². The standard InChI is InChI=1S/C8H16OSi/c1-2-7-10-8-5-3-4-6-9-8/h2,7-8H,3-6,10H2,1H3. The second kappa shape index (κ2) is 4.69. The fourth-order valence-corrected chi connectivity index (χ4v) is 2.68. The topological polar surface area (TPSA) is 9.23 Å². The zero-order valence-electron chi connectivity index (χ0n) is 6.68. The quantitative estimate of drug-likeness (QED) is 0.546. The molecule has 1 unspecified atom stereocenters. The Balaban J connectivity index is 2.13. The first-order valence-corrected chi connectivity index (χ1v) is 5.79. The summed E-state index contributed by atoms with van der Waals surface area (Å²) < 4.78 is 5.59. The van der Waals surface area contributed by atoms with E-state index >= 15 is 0 Å².